The quantitative estimate of drug-likeness (QED) is 0.160. The molecule has 70 heavy (non-hydrogen) atoms. The minimum Gasteiger partial charge on any atom is -0.308 e. The van der Waals surface area contributed by atoms with E-state index in [9.17, 15) is 5.26 Å². The Morgan fingerprint density at radius 3 is 0.914 bits per heavy atom. The second-order valence-electron chi connectivity index (χ2n) is 18.8. The molecule has 0 amide bonds. The molecular formula is C64H48N6. The summed E-state index contributed by atoms with van der Waals surface area (Å²) in [5, 5.41) is 16.3. The Bertz CT molecular complexity index is 3700. The van der Waals surface area contributed by atoms with Crippen LogP contribution in [0.2, 0.25) is 0 Å². The van der Waals surface area contributed by atoms with E-state index in [0.717, 1.165) is 105 Å². The third kappa shape index (κ3) is 7.31. The third-order valence-electron chi connectivity index (χ3n) is 13.7. The van der Waals surface area contributed by atoms with Crippen molar-refractivity contribution in [3.63, 3.8) is 0 Å². The maximum absolute atomic E-state index is 12.0. The van der Waals surface area contributed by atoms with E-state index >= 15 is 0 Å². The molecule has 0 atom stereocenters. The lowest BCUT2D eigenvalue weighted by Crippen LogP contribution is -2.07. The second kappa shape index (κ2) is 16.7. The van der Waals surface area contributed by atoms with Crippen LogP contribution in [0, 0.1) is 52.9 Å². The molecule has 0 saturated heterocycles. The summed E-state index contributed by atoms with van der Waals surface area (Å²) in [5.41, 5.74) is 20.4. The summed E-state index contributed by atoms with van der Waals surface area (Å²) in [6.07, 6.45) is 0. The Balaban J connectivity index is 1.24. The molecule has 0 spiro atoms. The first-order valence-corrected chi connectivity index (χ1v) is 23.8. The van der Waals surface area contributed by atoms with Crippen LogP contribution in [0.1, 0.15) is 39.5 Å². The molecule has 9 aromatic carbocycles. The van der Waals surface area contributed by atoms with E-state index in [2.05, 4.69) is 230 Å². The predicted molar refractivity (Wildman–Crippen MR) is 289 cm³/mol. The van der Waals surface area contributed by atoms with E-state index in [4.69, 9.17) is 9.97 Å². The Hall–Kier alpha value is -8.92. The van der Waals surface area contributed by atoms with Crippen molar-refractivity contribution in [2.45, 2.75) is 41.5 Å². The molecule has 334 valence electrons. The highest BCUT2D eigenvalue weighted by atomic mass is 15.0. The fourth-order valence-electron chi connectivity index (χ4n) is 10.5. The zero-order valence-corrected chi connectivity index (χ0v) is 40.0. The van der Waals surface area contributed by atoms with Gasteiger partial charge in [0, 0.05) is 27.1 Å². The average Bonchev–Trinajstić information content (AvgIpc) is 3.86. The molecule has 0 saturated carbocycles. The fraction of sp³-hybridized carbons (Fsp3) is 0.0938. The Labute approximate surface area is 407 Å². The van der Waals surface area contributed by atoms with Gasteiger partial charge in [0.2, 0.25) is 0 Å². The molecule has 3 heterocycles. The predicted octanol–water partition coefficient (Wildman–Crippen LogP) is 16.1. The molecule has 0 unspecified atom stereocenters. The Morgan fingerprint density at radius 2 is 0.629 bits per heavy atom. The highest BCUT2D eigenvalue weighted by molar-refractivity contribution is 6.13. The van der Waals surface area contributed by atoms with Crippen molar-refractivity contribution in [2.75, 3.05) is 0 Å². The number of fused-ring (bicyclic) bond motifs is 6. The number of aryl methyl sites for hydroxylation is 6. The number of nitriles is 1. The topological polar surface area (TPSA) is 72.3 Å². The summed E-state index contributed by atoms with van der Waals surface area (Å²) < 4.78 is 4.61. The van der Waals surface area contributed by atoms with Crippen LogP contribution >= 0.6 is 0 Å². The van der Waals surface area contributed by atoms with Gasteiger partial charge in [-0.1, -0.05) is 168 Å². The van der Waals surface area contributed by atoms with Crippen molar-refractivity contribution in [3.8, 4) is 73.3 Å². The molecule has 0 aliphatic rings. The molecule has 0 N–H and O–H groups in total. The molecule has 0 fully saturated rings. The Kier molecular flexibility index (Phi) is 10.1. The lowest BCUT2D eigenvalue weighted by molar-refractivity contribution is 0.927. The number of hydrogen-bond acceptors (Lipinski definition) is 4. The lowest BCUT2D eigenvalue weighted by Gasteiger charge is -2.19. The summed E-state index contributed by atoms with van der Waals surface area (Å²) in [6.45, 7) is 12.3. The molecule has 12 rings (SSSR count). The minimum atomic E-state index is 0.521. The molecule has 0 radical (unpaired) electrons. The van der Waals surface area contributed by atoms with E-state index in [1.54, 1.807) is 0 Å². The van der Waals surface area contributed by atoms with Gasteiger partial charge in [-0.15, -0.1) is 0 Å². The smallest absolute Gasteiger partial charge is 0.163 e. The normalized spacial score (nSPS) is 11.6. The minimum absolute atomic E-state index is 0.521. The molecule has 0 aliphatic carbocycles. The third-order valence-corrected chi connectivity index (χ3v) is 13.7. The highest BCUT2D eigenvalue weighted by Gasteiger charge is 2.25. The van der Waals surface area contributed by atoms with Gasteiger partial charge in [-0.2, -0.15) is 5.26 Å². The van der Waals surface area contributed by atoms with Crippen molar-refractivity contribution in [2.24, 2.45) is 0 Å². The van der Waals surface area contributed by atoms with Gasteiger partial charge in [-0.3, -0.25) is 0 Å². The van der Waals surface area contributed by atoms with Crippen LogP contribution in [0.3, 0.4) is 0 Å². The molecule has 6 nitrogen and oxygen atoms in total. The highest BCUT2D eigenvalue weighted by Crippen LogP contribution is 2.43. The Morgan fingerprint density at radius 1 is 0.329 bits per heavy atom. The molecule has 0 aliphatic heterocycles. The van der Waals surface area contributed by atoms with Crippen LogP contribution in [0.5, 0.6) is 0 Å². The zero-order chi connectivity index (χ0) is 47.8. The molecule has 12 aromatic rings. The maximum Gasteiger partial charge on any atom is 0.163 e. The number of hydrogen-bond donors (Lipinski definition) is 0. The average molecular weight is 901 g/mol. The van der Waals surface area contributed by atoms with Gasteiger partial charge in [-0.05, 0) is 122 Å². The van der Waals surface area contributed by atoms with Gasteiger partial charge >= 0.3 is 0 Å². The molecule has 3 aromatic heterocycles. The van der Waals surface area contributed by atoms with E-state index in [0.29, 0.717) is 23.0 Å². The van der Waals surface area contributed by atoms with Gasteiger partial charge in [0.1, 0.15) is 23.3 Å². The van der Waals surface area contributed by atoms with E-state index < -0.39 is 0 Å². The van der Waals surface area contributed by atoms with Crippen molar-refractivity contribution in [1.29, 1.82) is 5.26 Å². The van der Waals surface area contributed by atoms with Gasteiger partial charge in [0.15, 0.2) is 5.82 Å². The summed E-state index contributed by atoms with van der Waals surface area (Å²) >= 11 is 0. The van der Waals surface area contributed by atoms with Crippen LogP contribution < -0.4 is 0 Å². The SMILES string of the molecule is Cc1cccc(-c2ccc3c4ccc(-c5cccc(C)c5)cc4n(-c4cc(-c5nc(C)nc(C)n5)cc(-n5c6cc(-c7cccc(C)c7)ccc6c6ccc(-c7cccc(C)c7)cc65)c4C#N)c3c2)c1. The maximum atomic E-state index is 12.0. The second-order valence-corrected chi connectivity index (χ2v) is 18.8. The van der Waals surface area contributed by atoms with Gasteiger partial charge < -0.3 is 9.13 Å². The summed E-state index contributed by atoms with van der Waals surface area (Å²) in [5.74, 6) is 1.79. The molecule has 6 heteroatoms. The standard InChI is InChI=1S/C64H48N6/c1-38-11-7-15-44(27-38)48-19-23-53-54-24-20-49(45-16-8-12-39(2)28-45)32-59(54)69(58(53)31-48)62-35-52(64-67-42(5)66-43(6)68-64)36-63(57(62)37-65)70-60-33-50(46-17-9-13-40(3)29-46)21-25-55(60)56-26-22-51(34-61(56)70)47-18-10-14-41(4)30-47/h7-36H,1-6H3. The van der Waals surface area contributed by atoms with Crippen LogP contribution in [0.15, 0.2) is 182 Å². The number of benzene rings is 9. The summed E-state index contributed by atoms with van der Waals surface area (Å²) in [4.78, 5) is 14.6. The van der Waals surface area contributed by atoms with Crippen LogP contribution in [0.4, 0.5) is 0 Å². The van der Waals surface area contributed by atoms with Gasteiger partial charge in [0.25, 0.3) is 0 Å². The van der Waals surface area contributed by atoms with Crippen molar-refractivity contribution < 1.29 is 0 Å². The summed E-state index contributed by atoms with van der Waals surface area (Å²) in [6, 6.07) is 68.5. The van der Waals surface area contributed by atoms with Crippen molar-refractivity contribution in [3.05, 3.63) is 221 Å². The monoisotopic (exact) mass is 900 g/mol. The first-order chi connectivity index (χ1) is 34.1. The van der Waals surface area contributed by atoms with Gasteiger partial charge in [0.05, 0.1) is 33.4 Å². The van der Waals surface area contributed by atoms with E-state index in [1.807, 2.05) is 13.8 Å². The van der Waals surface area contributed by atoms with Gasteiger partial charge in [-0.25, -0.2) is 15.0 Å². The fourth-order valence-corrected chi connectivity index (χ4v) is 10.5. The van der Waals surface area contributed by atoms with Crippen molar-refractivity contribution in [1.82, 2.24) is 24.1 Å². The number of rotatable bonds is 7. The summed E-state index contributed by atoms with van der Waals surface area (Å²) in [7, 11) is 0. The van der Waals surface area contributed by atoms with Crippen LogP contribution in [-0.4, -0.2) is 24.1 Å². The first kappa shape index (κ1) is 42.4. The number of nitrogens with zero attached hydrogens (tertiary/aromatic N) is 6. The number of aromatic nitrogens is 5. The van der Waals surface area contributed by atoms with Crippen LogP contribution in [0.25, 0.3) is 111 Å². The largest absolute Gasteiger partial charge is 0.308 e. The molecule has 0 bridgehead atoms. The van der Waals surface area contributed by atoms with E-state index in [-0.39, 0.29) is 0 Å². The lowest BCUT2D eigenvalue weighted by atomic mass is 10.0. The zero-order valence-electron chi connectivity index (χ0n) is 40.0. The van der Waals surface area contributed by atoms with E-state index in [1.165, 1.54) is 22.3 Å². The van der Waals surface area contributed by atoms with Crippen molar-refractivity contribution >= 4 is 43.6 Å². The van der Waals surface area contributed by atoms with Crippen LogP contribution in [-0.2, 0) is 0 Å². The molecular weight excluding hydrogens is 853 g/mol. The first-order valence-electron chi connectivity index (χ1n) is 23.8.